The van der Waals surface area contributed by atoms with Crippen molar-refractivity contribution in [3.63, 3.8) is 0 Å². The maximum atomic E-state index is 6.37. The summed E-state index contributed by atoms with van der Waals surface area (Å²) in [5, 5.41) is 0. The molecule has 0 bridgehead atoms. The third-order valence-corrected chi connectivity index (χ3v) is 6.27. The van der Waals surface area contributed by atoms with E-state index < -0.39 is 0 Å². The van der Waals surface area contributed by atoms with Crippen LogP contribution in [0.15, 0.2) is 18.2 Å². The summed E-state index contributed by atoms with van der Waals surface area (Å²) in [7, 11) is -0.273. The van der Waals surface area contributed by atoms with Crippen molar-refractivity contribution in [2.45, 2.75) is 76.4 Å². The first-order valence-corrected chi connectivity index (χ1v) is 9.44. The lowest BCUT2D eigenvalue weighted by Crippen LogP contribution is -2.41. The van der Waals surface area contributed by atoms with Gasteiger partial charge in [-0.1, -0.05) is 18.2 Å². The van der Waals surface area contributed by atoms with Gasteiger partial charge in [-0.05, 0) is 75.9 Å². The van der Waals surface area contributed by atoms with E-state index in [1.165, 1.54) is 35.9 Å². The van der Waals surface area contributed by atoms with Crippen LogP contribution in [0.4, 0.5) is 0 Å². The minimum absolute atomic E-state index is 0.273. The highest BCUT2D eigenvalue weighted by atomic mass is 16.7. The van der Waals surface area contributed by atoms with Gasteiger partial charge in [0.05, 0.1) is 17.8 Å². The van der Waals surface area contributed by atoms with Crippen LogP contribution in [0.5, 0.6) is 0 Å². The SMILES string of the molecule is CC1(C)OB(c2cc(C3CC3)ccc2C2CCCOC2)OC1(C)C. The molecule has 2 aliphatic heterocycles. The van der Waals surface area contributed by atoms with E-state index in [0.29, 0.717) is 5.92 Å². The van der Waals surface area contributed by atoms with Gasteiger partial charge >= 0.3 is 7.12 Å². The summed E-state index contributed by atoms with van der Waals surface area (Å²) in [4.78, 5) is 0. The summed E-state index contributed by atoms with van der Waals surface area (Å²) >= 11 is 0. The van der Waals surface area contributed by atoms with Crippen LogP contribution in [-0.4, -0.2) is 31.5 Å². The van der Waals surface area contributed by atoms with E-state index in [2.05, 4.69) is 45.9 Å². The largest absolute Gasteiger partial charge is 0.495 e. The summed E-state index contributed by atoms with van der Waals surface area (Å²) in [6.45, 7) is 10.2. The number of hydrogen-bond acceptors (Lipinski definition) is 3. The second-order valence-electron chi connectivity index (χ2n) is 8.66. The first-order chi connectivity index (χ1) is 11.4. The average Bonchev–Trinajstić information content (AvgIpc) is 3.36. The molecule has 1 unspecified atom stereocenters. The fourth-order valence-corrected chi connectivity index (χ4v) is 3.80. The molecule has 4 rings (SSSR count). The van der Waals surface area contributed by atoms with Gasteiger partial charge in [0, 0.05) is 12.5 Å². The summed E-state index contributed by atoms with van der Waals surface area (Å²) in [6, 6.07) is 6.98. The molecule has 4 heteroatoms. The highest BCUT2D eigenvalue weighted by Crippen LogP contribution is 2.41. The summed E-state index contributed by atoms with van der Waals surface area (Å²) in [5.41, 5.74) is 3.44. The molecule has 0 amide bonds. The lowest BCUT2D eigenvalue weighted by Gasteiger charge is -2.32. The second kappa shape index (κ2) is 5.86. The molecule has 3 aliphatic rings. The molecule has 1 saturated carbocycles. The Morgan fingerprint density at radius 2 is 1.67 bits per heavy atom. The second-order valence-corrected chi connectivity index (χ2v) is 8.66. The van der Waals surface area contributed by atoms with Crippen molar-refractivity contribution in [2.75, 3.05) is 13.2 Å². The molecular weight excluding hydrogens is 299 g/mol. The summed E-state index contributed by atoms with van der Waals surface area (Å²) < 4.78 is 18.5. The minimum Gasteiger partial charge on any atom is -0.399 e. The van der Waals surface area contributed by atoms with Gasteiger partial charge in [0.25, 0.3) is 0 Å². The highest BCUT2D eigenvalue weighted by molar-refractivity contribution is 6.62. The molecule has 3 fully saturated rings. The third-order valence-electron chi connectivity index (χ3n) is 6.27. The Kier molecular flexibility index (Phi) is 4.06. The monoisotopic (exact) mass is 328 g/mol. The fourth-order valence-electron chi connectivity index (χ4n) is 3.80. The Hall–Kier alpha value is -0.835. The lowest BCUT2D eigenvalue weighted by atomic mass is 9.71. The van der Waals surface area contributed by atoms with E-state index in [9.17, 15) is 0 Å². The molecule has 0 radical (unpaired) electrons. The zero-order valence-electron chi connectivity index (χ0n) is 15.4. The quantitative estimate of drug-likeness (QED) is 0.791. The van der Waals surface area contributed by atoms with Gasteiger partial charge in [-0.25, -0.2) is 0 Å². The average molecular weight is 328 g/mol. The number of ether oxygens (including phenoxy) is 1. The minimum atomic E-state index is -0.298. The number of hydrogen-bond donors (Lipinski definition) is 0. The van der Waals surface area contributed by atoms with Crippen LogP contribution >= 0.6 is 0 Å². The predicted molar refractivity (Wildman–Crippen MR) is 96.9 cm³/mol. The summed E-state index contributed by atoms with van der Waals surface area (Å²) in [5.74, 6) is 1.20. The smallest absolute Gasteiger partial charge is 0.399 e. The Bertz CT molecular complexity index is 599. The zero-order valence-corrected chi connectivity index (χ0v) is 15.4. The topological polar surface area (TPSA) is 27.7 Å². The highest BCUT2D eigenvalue weighted by Gasteiger charge is 2.52. The molecule has 1 aromatic rings. The van der Waals surface area contributed by atoms with Crippen molar-refractivity contribution >= 4 is 12.6 Å². The van der Waals surface area contributed by atoms with Gasteiger partial charge in [0.15, 0.2) is 0 Å². The third kappa shape index (κ3) is 2.93. The van der Waals surface area contributed by atoms with Gasteiger partial charge in [-0.3, -0.25) is 0 Å². The van der Waals surface area contributed by atoms with Gasteiger partial charge in [0.1, 0.15) is 0 Å². The number of benzene rings is 1. The van der Waals surface area contributed by atoms with Crippen LogP contribution in [0.1, 0.15) is 76.3 Å². The van der Waals surface area contributed by atoms with Crippen LogP contribution in [0.2, 0.25) is 0 Å². The molecule has 24 heavy (non-hydrogen) atoms. The van der Waals surface area contributed by atoms with Crippen LogP contribution in [0.3, 0.4) is 0 Å². The van der Waals surface area contributed by atoms with E-state index in [1.54, 1.807) is 0 Å². The molecule has 2 heterocycles. The van der Waals surface area contributed by atoms with Gasteiger partial charge in [0.2, 0.25) is 0 Å². The maximum Gasteiger partial charge on any atom is 0.495 e. The van der Waals surface area contributed by atoms with Crippen LogP contribution in [0, 0.1) is 0 Å². The van der Waals surface area contributed by atoms with E-state index >= 15 is 0 Å². The lowest BCUT2D eigenvalue weighted by molar-refractivity contribution is 0.00578. The zero-order chi connectivity index (χ0) is 16.9. The first kappa shape index (κ1) is 16.6. The molecule has 0 spiro atoms. The first-order valence-electron chi connectivity index (χ1n) is 9.44. The van der Waals surface area contributed by atoms with Crippen molar-refractivity contribution in [3.05, 3.63) is 29.3 Å². The van der Waals surface area contributed by atoms with E-state index in [0.717, 1.165) is 25.6 Å². The van der Waals surface area contributed by atoms with E-state index in [1.807, 2.05) is 0 Å². The fraction of sp³-hybridized carbons (Fsp3) is 0.700. The van der Waals surface area contributed by atoms with Gasteiger partial charge < -0.3 is 14.0 Å². The summed E-state index contributed by atoms with van der Waals surface area (Å²) in [6.07, 6.45) is 4.95. The van der Waals surface area contributed by atoms with Gasteiger partial charge in [-0.15, -0.1) is 0 Å². The van der Waals surface area contributed by atoms with Crippen molar-refractivity contribution in [1.29, 1.82) is 0 Å². The normalized spacial score (nSPS) is 29.0. The molecule has 2 saturated heterocycles. The van der Waals surface area contributed by atoms with Crippen molar-refractivity contribution < 1.29 is 14.0 Å². The van der Waals surface area contributed by atoms with Crippen LogP contribution < -0.4 is 5.46 Å². The van der Waals surface area contributed by atoms with Crippen molar-refractivity contribution in [1.82, 2.24) is 0 Å². The molecule has 3 nitrogen and oxygen atoms in total. The van der Waals surface area contributed by atoms with E-state index in [-0.39, 0.29) is 18.3 Å². The maximum absolute atomic E-state index is 6.37. The van der Waals surface area contributed by atoms with Gasteiger partial charge in [-0.2, -0.15) is 0 Å². The standard InChI is InChI=1S/C20H29BO3/c1-19(2)20(3,4)24-21(23-19)18-12-15(14-7-8-14)9-10-17(18)16-6-5-11-22-13-16/h9-10,12,14,16H,5-8,11,13H2,1-4H3. The van der Waals surface area contributed by atoms with Crippen LogP contribution in [0.25, 0.3) is 0 Å². The molecule has 130 valence electrons. The molecule has 1 aliphatic carbocycles. The molecule has 0 aromatic heterocycles. The Balaban J connectivity index is 1.70. The predicted octanol–water partition coefficient (Wildman–Crippen LogP) is 3.76. The van der Waals surface area contributed by atoms with Crippen molar-refractivity contribution in [2.24, 2.45) is 0 Å². The molecule has 0 N–H and O–H groups in total. The molecule has 1 atom stereocenters. The van der Waals surface area contributed by atoms with E-state index in [4.69, 9.17) is 14.0 Å². The Morgan fingerprint density at radius 1 is 0.958 bits per heavy atom. The Morgan fingerprint density at radius 3 is 2.25 bits per heavy atom. The van der Waals surface area contributed by atoms with Crippen LogP contribution in [-0.2, 0) is 14.0 Å². The van der Waals surface area contributed by atoms with Crippen molar-refractivity contribution in [3.8, 4) is 0 Å². The number of rotatable bonds is 3. The molecular formula is C20H29BO3. The Labute approximate surface area is 146 Å². The molecule has 1 aromatic carbocycles.